The quantitative estimate of drug-likeness (QED) is 0.776. The molecule has 5 heteroatoms. The van der Waals surface area contributed by atoms with Gasteiger partial charge in [-0.3, -0.25) is 4.79 Å². The van der Waals surface area contributed by atoms with E-state index in [-0.39, 0.29) is 12.3 Å². The lowest BCUT2D eigenvalue weighted by Crippen LogP contribution is -2.14. The van der Waals surface area contributed by atoms with Crippen molar-refractivity contribution in [1.29, 1.82) is 0 Å². The molecule has 2 aromatic carbocycles. The van der Waals surface area contributed by atoms with Crippen LogP contribution in [0.2, 0.25) is 5.02 Å². The summed E-state index contributed by atoms with van der Waals surface area (Å²) in [5.41, 5.74) is 2.53. The summed E-state index contributed by atoms with van der Waals surface area (Å²) < 4.78 is 5.91. The van der Waals surface area contributed by atoms with Crippen LogP contribution in [0.25, 0.3) is 0 Å². The number of rotatable bonds is 5. The van der Waals surface area contributed by atoms with E-state index in [9.17, 15) is 4.79 Å². The van der Waals surface area contributed by atoms with Gasteiger partial charge in [-0.2, -0.15) is 0 Å². The van der Waals surface area contributed by atoms with Gasteiger partial charge < -0.3 is 10.1 Å². The van der Waals surface area contributed by atoms with Crippen LogP contribution in [0.3, 0.4) is 0 Å². The van der Waals surface area contributed by atoms with Gasteiger partial charge in [-0.15, -0.1) is 0 Å². The first-order valence-corrected chi connectivity index (χ1v) is 7.55. The highest BCUT2D eigenvalue weighted by Gasteiger charge is 2.09. The van der Waals surface area contributed by atoms with Crippen molar-refractivity contribution in [2.45, 2.75) is 6.92 Å². The Bertz CT molecular complexity index is 673. The van der Waals surface area contributed by atoms with Crippen LogP contribution >= 0.6 is 27.5 Å². The van der Waals surface area contributed by atoms with Gasteiger partial charge in [0.05, 0.1) is 18.1 Å². The second-order valence-corrected chi connectivity index (χ2v) is 5.88. The number of benzene rings is 2. The third kappa shape index (κ3) is 3.99. The Morgan fingerprint density at radius 1 is 1.29 bits per heavy atom. The van der Waals surface area contributed by atoms with Crippen molar-refractivity contribution in [3.05, 3.63) is 57.0 Å². The molecule has 0 heterocycles. The molecule has 0 saturated carbocycles. The number of ether oxygens (including phenoxy) is 1. The molecule has 2 aromatic rings. The summed E-state index contributed by atoms with van der Waals surface area (Å²) in [5.74, 6) is 0.697. The summed E-state index contributed by atoms with van der Waals surface area (Å²) >= 11 is 9.34. The van der Waals surface area contributed by atoms with E-state index in [0.29, 0.717) is 16.3 Å². The number of halogens is 2. The number of hydrogen-bond donors (Lipinski definition) is 1. The van der Waals surface area contributed by atoms with E-state index in [4.69, 9.17) is 16.3 Å². The van der Waals surface area contributed by atoms with Gasteiger partial charge in [0.2, 0.25) is 0 Å². The maximum atomic E-state index is 12.2. The molecule has 0 radical (unpaired) electrons. The Balaban J connectivity index is 2.08. The van der Waals surface area contributed by atoms with E-state index < -0.39 is 0 Å². The minimum absolute atomic E-state index is 0.00210. The molecular weight excluding hydrogens is 354 g/mol. The fourth-order valence-electron chi connectivity index (χ4n) is 1.90. The predicted molar refractivity (Wildman–Crippen MR) is 89.7 cm³/mol. The molecule has 0 unspecified atom stereocenters. The standard InChI is InChI=1S/C16H15BrClNO2/c1-10-3-5-12(18)8-14(10)19-9-15(20)11-4-6-16(21-2)13(17)7-11/h3-8,19H,9H2,1-2H3. The average Bonchev–Trinajstić information content (AvgIpc) is 2.47. The van der Waals surface area contributed by atoms with Crippen molar-refractivity contribution in [2.24, 2.45) is 0 Å². The Morgan fingerprint density at radius 2 is 2.05 bits per heavy atom. The van der Waals surface area contributed by atoms with E-state index in [1.54, 1.807) is 25.3 Å². The number of hydrogen-bond acceptors (Lipinski definition) is 3. The molecule has 0 bridgehead atoms. The van der Waals surface area contributed by atoms with E-state index in [0.717, 1.165) is 15.7 Å². The zero-order chi connectivity index (χ0) is 15.4. The maximum absolute atomic E-state index is 12.2. The number of ketones is 1. The van der Waals surface area contributed by atoms with E-state index in [1.807, 2.05) is 25.1 Å². The number of anilines is 1. The molecule has 1 N–H and O–H groups in total. The van der Waals surface area contributed by atoms with Crippen LogP contribution in [0, 0.1) is 6.92 Å². The van der Waals surface area contributed by atoms with E-state index >= 15 is 0 Å². The molecule has 3 nitrogen and oxygen atoms in total. The van der Waals surface area contributed by atoms with Gasteiger partial charge in [0.15, 0.2) is 5.78 Å². The maximum Gasteiger partial charge on any atom is 0.181 e. The topological polar surface area (TPSA) is 38.3 Å². The largest absolute Gasteiger partial charge is 0.496 e. The fourth-order valence-corrected chi connectivity index (χ4v) is 2.61. The van der Waals surface area contributed by atoms with Crippen molar-refractivity contribution >= 4 is 39.0 Å². The summed E-state index contributed by atoms with van der Waals surface area (Å²) in [6.07, 6.45) is 0. The minimum Gasteiger partial charge on any atom is -0.496 e. The number of methoxy groups -OCH3 is 1. The molecule has 0 spiro atoms. The third-order valence-corrected chi connectivity index (χ3v) is 3.97. The monoisotopic (exact) mass is 367 g/mol. The van der Waals surface area contributed by atoms with Crippen molar-refractivity contribution in [3.8, 4) is 5.75 Å². The highest BCUT2D eigenvalue weighted by Crippen LogP contribution is 2.26. The lowest BCUT2D eigenvalue weighted by Gasteiger charge is -2.10. The number of carbonyl (C=O) groups excluding carboxylic acids is 1. The SMILES string of the molecule is COc1ccc(C(=O)CNc2cc(Cl)ccc2C)cc1Br. The van der Waals surface area contributed by atoms with Gasteiger partial charge in [0.25, 0.3) is 0 Å². The van der Waals surface area contributed by atoms with Gasteiger partial charge in [-0.1, -0.05) is 17.7 Å². The Kier molecular flexibility index (Phi) is 5.26. The summed E-state index contributed by atoms with van der Waals surface area (Å²) in [6, 6.07) is 10.8. The minimum atomic E-state index is -0.00210. The van der Waals surface area contributed by atoms with E-state index in [1.165, 1.54) is 0 Å². The third-order valence-electron chi connectivity index (χ3n) is 3.11. The van der Waals surface area contributed by atoms with Crippen LogP contribution in [0.5, 0.6) is 5.75 Å². The van der Waals surface area contributed by atoms with Crippen LogP contribution in [-0.4, -0.2) is 19.4 Å². The fraction of sp³-hybridized carbons (Fsp3) is 0.188. The van der Waals surface area contributed by atoms with Crippen LogP contribution in [0.1, 0.15) is 15.9 Å². The molecule has 0 saturated heterocycles. The summed E-state index contributed by atoms with van der Waals surface area (Å²) in [4.78, 5) is 12.2. The molecule has 0 atom stereocenters. The van der Waals surface area contributed by atoms with Gasteiger partial charge in [0.1, 0.15) is 5.75 Å². The molecule has 21 heavy (non-hydrogen) atoms. The van der Waals surface area contributed by atoms with Crippen LogP contribution in [-0.2, 0) is 0 Å². The smallest absolute Gasteiger partial charge is 0.181 e. The van der Waals surface area contributed by atoms with Crippen LogP contribution in [0.4, 0.5) is 5.69 Å². The molecule has 0 amide bonds. The zero-order valence-electron chi connectivity index (χ0n) is 11.7. The molecule has 2 rings (SSSR count). The first-order chi connectivity index (χ1) is 10.0. The highest BCUT2D eigenvalue weighted by atomic mass is 79.9. The van der Waals surface area contributed by atoms with Gasteiger partial charge in [-0.25, -0.2) is 0 Å². The van der Waals surface area contributed by atoms with E-state index in [2.05, 4.69) is 21.2 Å². The lowest BCUT2D eigenvalue weighted by atomic mass is 10.1. The van der Waals surface area contributed by atoms with Gasteiger partial charge in [-0.05, 0) is 58.7 Å². The van der Waals surface area contributed by atoms with Crippen LogP contribution < -0.4 is 10.1 Å². The van der Waals surface area contributed by atoms with Crippen molar-refractivity contribution in [1.82, 2.24) is 0 Å². The Hall–Kier alpha value is -1.52. The predicted octanol–water partition coefficient (Wildman–Crippen LogP) is 4.71. The summed E-state index contributed by atoms with van der Waals surface area (Å²) in [5, 5.41) is 3.76. The first-order valence-electron chi connectivity index (χ1n) is 6.38. The normalized spacial score (nSPS) is 10.3. The number of aryl methyl sites for hydroxylation is 1. The number of carbonyl (C=O) groups is 1. The second-order valence-electron chi connectivity index (χ2n) is 4.59. The summed E-state index contributed by atoms with van der Waals surface area (Å²) in [7, 11) is 1.59. The molecule has 0 aliphatic heterocycles. The molecule has 0 aromatic heterocycles. The molecule has 110 valence electrons. The highest BCUT2D eigenvalue weighted by molar-refractivity contribution is 9.10. The van der Waals surface area contributed by atoms with Gasteiger partial charge >= 0.3 is 0 Å². The Morgan fingerprint density at radius 3 is 2.71 bits per heavy atom. The summed E-state index contributed by atoms with van der Waals surface area (Å²) in [6.45, 7) is 2.17. The second kappa shape index (κ2) is 6.96. The Labute approximate surface area is 137 Å². The molecule has 0 aliphatic rings. The molecular formula is C16H15BrClNO2. The first kappa shape index (κ1) is 15.9. The molecule has 0 aliphatic carbocycles. The van der Waals surface area contributed by atoms with Crippen molar-refractivity contribution < 1.29 is 9.53 Å². The lowest BCUT2D eigenvalue weighted by molar-refractivity contribution is 0.101. The molecule has 0 fully saturated rings. The van der Waals surface area contributed by atoms with Crippen molar-refractivity contribution in [2.75, 3.05) is 19.0 Å². The zero-order valence-corrected chi connectivity index (χ0v) is 14.1. The van der Waals surface area contributed by atoms with Crippen molar-refractivity contribution in [3.63, 3.8) is 0 Å². The number of nitrogens with one attached hydrogen (secondary N) is 1. The van der Waals surface area contributed by atoms with Crippen LogP contribution in [0.15, 0.2) is 40.9 Å². The average molecular weight is 369 g/mol. The van der Waals surface area contributed by atoms with Gasteiger partial charge in [0, 0.05) is 16.3 Å². The number of Topliss-reactive ketones (excluding diaryl/α,β-unsaturated/α-hetero) is 1.